The summed E-state index contributed by atoms with van der Waals surface area (Å²) >= 11 is 0. The molecule has 0 radical (unpaired) electrons. The molecule has 1 N–H and O–H groups in total. The molecular weight excluding hydrogens is 236 g/mol. The lowest BCUT2D eigenvalue weighted by Crippen LogP contribution is -2.02. The Balaban J connectivity index is 1.96. The molecule has 0 fully saturated rings. The Morgan fingerprint density at radius 3 is 2.94 bits per heavy atom. The van der Waals surface area contributed by atoms with E-state index in [9.17, 15) is 4.79 Å². The molecule has 0 saturated heterocycles. The van der Waals surface area contributed by atoms with Crippen LogP contribution in [0.5, 0.6) is 17.2 Å². The second-order valence-electron chi connectivity index (χ2n) is 3.71. The maximum Gasteiger partial charge on any atom is 0.331 e. The number of carbonyl (C=O) groups is 1. The summed E-state index contributed by atoms with van der Waals surface area (Å²) in [6.45, 7) is 2.23. The summed E-state index contributed by atoms with van der Waals surface area (Å²) in [6, 6.07) is 5.25. The topological polar surface area (TPSA) is 65.0 Å². The molecule has 1 aliphatic rings. The zero-order valence-corrected chi connectivity index (χ0v) is 10.0. The van der Waals surface area contributed by atoms with E-state index >= 15 is 0 Å². The molecule has 1 heterocycles. The predicted octanol–water partition coefficient (Wildman–Crippen LogP) is 2.22. The van der Waals surface area contributed by atoms with Gasteiger partial charge in [-0.05, 0) is 24.6 Å². The van der Waals surface area contributed by atoms with Gasteiger partial charge in [-0.2, -0.15) is 0 Å². The molecular formula is C13H14O5. The monoisotopic (exact) mass is 250 g/mol. The van der Waals surface area contributed by atoms with Crippen molar-refractivity contribution in [3.05, 3.63) is 29.8 Å². The summed E-state index contributed by atoms with van der Waals surface area (Å²) < 4.78 is 15.8. The maximum absolute atomic E-state index is 10.8. The third kappa shape index (κ3) is 2.74. The van der Waals surface area contributed by atoms with Crippen molar-refractivity contribution >= 4 is 5.97 Å². The molecule has 1 aromatic carbocycles. The first kappa shape index (κ1) is 12.3. The zero-order valence-electron chi connectivity index (χ0n) is 10.0. The standard InChI is InChI=1S/C13H14O5/c1-2-9(13(14)15)5-6-16-10-3-4-11-12(7-10)18-8-17-11/h3-5,7H,2,6,8H2,1H3,(H,14,15). The minimum Gasteiger partial charge on any atom is -0.489 e. The average molecular weight is 250 g/mol. The summed E-state index contributed by atoms with van der Waals surface area (Å²) in [5, 5.41) is 8.84. The lowest BCUT2D eigenvalue weighted by Gasteiger charge is -2.05. The van der Waals surface area contributed by atoms with Crippen LogP contribution >= 0.6 is 0 Å². The summed E-state index contributed by atoms with van der Waals surface area (Å²) in [5.41, 5.74) is 0.343. The van der Waals surface area contributed by atoms with Crippen molar-refractivity contribution in [1.82, 2.24) is 0 Å². The van der Waals surface area contributed by atoms with Gasteiger partial charge in [-0.25, -0.2) is 4.79 Å². The van der Waals surface area contributed by atoms with Gasteiger partial charge in [0.1, 0.15) is 12.4 Å². The molecule has 0 saturated carbocycles. The van der Waals surface area contributed by atoms with Crippen molar-refractivity contribution in [3.8, 4) is 17.2 Å². The summed E-state index contributed by atoms with van der Waals surface area (Å²) in [4.78, 5) is 10.8. The Morgan fingerprint density at radius 1 is 1.44 bits per heavy atom. The number of benzene rings is 1. The summed E-state index contributed by atoms with van der Waals surface area (Å²) in [7, 11) is 0. The van der Waals surface area contributed by atoms with E-state index in [0.717, 1.165) is 0 Å². The molecule has 0 aromatic heterocycles. The van der Waals surface area contributed by atoms with E-state index in [4.69, 9.17) is 19.3 Å². The van der Waals surface area contributed by atoms with E-state index in [-0.39, 0.29) is 13.4 Å². The van der Waals surface area contributed by atoms with Gasteiger partial charge in [-0.1, -0.05) is 6.92 Å². The number of rotatable bonds is 5. The van der Waals surface area contributed by atoms with E-state index in [1.54, 1.807) is 31.2 Å². The third-order valence-electron chi connectivity index (χ3n) is 2.58. The first-order chi connectivity index (χ1) is 8.70. The second-order valence-corrected chi connectivity index (χ2v) is 3.71. The fourth-order valence-electron chi connectivity index (χ4n) is 1.59. The number of ether oxygens (including phenoxy) is 3. The molecule has 5 heteroatoms. The van der Waals surface area contributed by atoms with Crippen LogP contribution in [0.3, 0.4) is 0 Å². The van der Waals surface area contributed by atoms with Gasteiger partial charge in [0.15, 0.2) is 11.5 Å². The minimum absolute atomic E-state index is 0.217. The van der Waals surface area contributed by atoms with Gasteiger partial charge in [0.2, 0.25) is 6.79 Å². The van der Waals surface area contributed by atoms with Gasteiger partial charge in [0, 0.05) is 11.6 Å². The summed E-state index contributed by atoms with van der Waals surface area (Å²) in [5.74, 6) is 1.05. The van der Waals surface area contributed by atoms with Crippen LogP contribution < -0.4 is 14.2 Å². The largest absolute Gasteiger partial charge is 0.489 e. The quantitative estimate of drug-likeness (QED) is 0.812. The maximum atomic E-state index is 10.8. The van der Waals surface area contributed by atoms with Gasteiger partial charge in [-0.3, -0.25) is 0 Å². The molecule has 0 aliphatic carbocycles. The number of hydrogen-bond donors (Lipinski definition) is 1. The Morgan fingerprint density at radius 2 is 2.22 bits per heavy atom. The molecule has 18 heavy (non-hydrogen) atoms. The van der Waals surface area contributed by atoms with E-state index in [1.165, 1.54) is 0 Å². The Labute approximate surface area is 105 Å². The van der Waals surface area contributed by atoms with Crippen LogP contribution in [-0.2, 0) is 4.79 Å². The third-order valence-corrected chi connectivity index (χ3v) is 2.58. The van der Waals surface area contributed by atoms with Gasteiger partial charge in [0.25, 0.3) is 0 Å². The van der Waals surface area contributed by atoms with Crippen molar-refractivity contribution in [2.45, 2.75) is 13.3 Å². The van der Waals surface area contributed by atoms with E-state index < -0.39 is 5.97 Å². The van der Waals surface area contributed by atoms with Crippen molar-refractivity contribution in [2.24, 2.45) is 0 Å². The fourth-order valence-corrected chi connectivity index (χ4v) is 1.59. The lowest BCUT2D eigenvalue weighted by molar-refractivity contribution is -0.132. The highest BCUT2D eigenvalue weighted by Crippen LogP contribution is 2.35. The number of carboxylic acid groups (broad SMARTS) is 1. The van der Waals surface area contributed by atoms with E-state index in [1.807, 2.05) is 0 Å². The lowest BCUT2D eigenvalue weighted by atomic mass is 10.2. The van der Waals surface area contributed by atoms with Crippen molar-refractivity contribution in [3.63, 3.8) is 0 Å². The van der Waals surface area contributed by atoms with Crippen LogP contribution in [0.15, 0.2) is 29.8 Å². The Kier molecular flexibility index (Phi) is 3.72. The molecule has 0 atom stereocenters. The average Bonchev–Trinajstić information content (AvgIpc) is 2.81. The zero-order chi connectivity index (χ0) is 13.0. The highest BCUT2D eigenvalue weighted by Gasteiger charge is 2.13. The van der Waals surface area contributed by atoms with Gasteiger partial charge in [0.05, 0.1) is 0 Å². The Bertz CT molecular complexity index is 478. The minimum atomic E-state index is -0.910. The fraction of sp³-hybridized carbons (Fsp3) is 0.308. The molecule has 0 unspecified atom stereocenters. The van der Waals surface area contributed by atoms with Crippen molar-refractivity contribution < 1.29 is 24.1 Å². The first-order valence-corrected chi connectivity index (χ1v) is 5.65. The van der Waals surface area contributed by atoms with Gasteiger partial charge >= 0.3 is 5.97 Å². The normalized spacial score (nSPS) is 13.5. The van der Waals surface area contributed by atoms with Crippen LogP contribution in [0, 0.1) is 0 Å². The van der Waals surface area contributed by atoms with Gasteiger partial charge < -0.3 is 19.3 Å². The molecule has 96 valence electrons. The summed E-state index contributed by atoms with van der Waals surface area (Å²) in [6.07, 6.45) is 2.03. The van der Waals surface area contributed by atoms with Crippen LogP contribution in [0.1, 0.15) is 13.3 Å². The highest BCUT2D eigenvalue weighted by atomic mass is 16.7. The van der Waals surface area contributed by atoms with E-state index in [2.05, 4.69) is 0 Å². The Hall–Kier alpha value is -2.17. The SMILES string of the molecule is CCC(=CCOc1ccc2c(c1)OCO2)C(=O)O. The molecule has 0 amide bonds. The number of aliphatic carboxylic acids is 1. The van der Waals surface area contributed by atoms with Crippen molar-refractivity contribution in [1.29, 1.82) is 0 Å². The number of hydrogen-bond acceptors (Lipinski definition) is 4. The van der Waals surface area contributed by atoms with Gasteiger partial charge in [-0.15, -0.1) is 0 Å². The van der Waals surface area contributed by atoms with E-state index in [0.29, 0.717) is 29.2 Å². The molecule has 2 rings (SSSR count). The molecule has 1 aromatic rings. The first-order valence-electron chi connectivity index (χ1n) is 5.65. The molecule has 5 nitrogen and oxygen atoms in total. The number of fused-ring (bicyclic) bond motifs is 1. The van der Waals surface area contributed by atoms with Crippen molar-refractivity contribution in [2.75, 3.05) is 13.4 Å². The molecule has 0 bridgehead atoms. The molecule has 0 spiro atoms. The van der Waals surface area contributed by atoms with Crippen LogP contribution in [0.2, 0.25) is 0 Å². The highest BCUT2D eigenvalue weighted by molar-refractivity contribution is 5.86. The van der Waals surface area contributed by atoms with Crippen LogP contribution in [-0.4, -0.2) is 24.5 Å². The number of carboxylic acids is 1. The smallest absolute Gasteiger partial charge is 0.331 e. The van der Waals surface area contributed by atoms with Crippen LogP contribution in [0.4, 0.5) is 0 Å². The predicted molar refractivity (Wildman–Crippen MR) is 64.1 cm³/mol. The second kappa shape index (κ2) is 5.44. The van der Waals surface area contributed by atoms with Crippen LogP contribution in [0.25, 0.3) is 0 Å². The molecule has 1 aliphatic heterocycles.